The molecule has 6 rings (SSSR count). The van der Waals surface area contributed by atoms with Crippen molar-refractivity contribution in [3.8, 4) is 45.4 Å². The summed E-state index contributed by atoms with van der Waals surface area (Å²) in [7, 11) is 3.17. The molecule has 6 aromatic rings. The Balaban J connectivity index is 1.32. The van der Waals surface area contributed by atoms with Crippen LogP contribution in [0.5, 0.6) is 11.8 Å². The Bertz CT molecular complexity index is 1920. The van der Waals surface area contributed by atoms with Gasteiger partial charge in [0, 0.05) is 22.3 Å². The fourth-order valence-electron chi connectivity index (χ4n) is 5.48. The van der Waals surface area contributed by atoms with E-state index in [4.69, 9.17) is 19.4 Å². The molecule has 230 valence electrons. The summed E-state index contributed by atoms with van der Waals surface area (Å²) in [6.45, 7) is 4.91. The molecule has 0 fully saturated rings. The predicted molar refractivity (Wildman–Crippen MR) is 170 cm³/mol. The molecule has 0 N–H and O–H groups in total. The van der Waals surface area contributed by atoms with Crippen molar-refractivity contribution in [2.24, 2.45) is 0 Å². The lowest BCUT2D eigenvalue weighted by Crippen LogP contribution is -2.05. The van der Waals surface area contributed by atoms with Gasteiger partial charge in [-0.3, -0.25) is 9.59 Å². The van der Waals surface area contributed by atoms with Gasteiger partial charge in [0.2, 0.25) is 11.8 Å². The lowest BCUT2D eigenvalue weighted by molar-refractivity contribution is 0.111. The van der Waals surface area contributed by atoms with Gasteiger partial charge in [0.15, 0.2) is 12.6 Å². The molecule has 0 spiro atoms. The van der Waals surface area contributed by atoms with Crippen LogP contribution in [-0.2, 0) is 13.1 Å². The second-order valence-electron chi connectivity index (χ2n) is 10.6. The Kier molecular flexibility index (Phi) is 8.42. The lowest BCUT2D eigenvalue weighted by Gasteiger charge is -2.17. The van der Waals surface area contributed by atoms with Crippen molar-refractivity contribution in [3.63, 3.8) is 0 Å². The molecule has 4 heterocycles. The van der Waals surface area contributed by atoms with E-state index in [1.165, 1.54) is 0 Å². The van der Waals surface area contributed by atoms with E-state index in [1.54, 1.807) is 36.0 Å². The number of aldehydes is 2. The van der Waals surface area contributed by atoms with Crippen LogP contribution in [0.3, 0.4) is 0 Å². The van der Waals surface area contributed by atoms with Crippen molar-refractivity contribution in [1.82, 2.24) is 40.0 Å². The highest BCUT2D eigenvalue weighted by atomic mass is 16.5. The first-order valence-electron chi connectivity index (χ1n) is 14.4. The number of ether oxygens (including phenoxy) is 2. The third kappa shape index (κ3) is 5.87. The molecule has 46 heavy (non-hydrogen) atoms. The van der Waals surface area contributed by atoms with Crippen molar-refractivity contribution in [2.45, 2.75) is 26.9 Å². The molecule has 0 aliphatic heterocycles. The Morgan fingerprint density at radius 2 is 1.02 bits per heavy atom. The Morgan fingerprint density at radius 3 is 1.39 bits per heavy atom. The maximum Gasteiger partial charge on any atom is 0.218 e. The molecule has 4 aromatic heterocycles. The van der Waals surface area contributed by atoms with Crippen molar-refractivity contribution in [2.75, 3.05) is 14.2 Å². The van der Waals surface area contributed by atoms with Crippen molar-refractivity contribution < 1.29 is 19.1 Å². The van der Waals surface area contributed by atoms with Crippen LogP contribution in [-0.4, -0.2) is 66.7 Å². The van der Waals surface area contributed by atoms with Gasteiger partial charge in [-0.1, -0.05) is 46.8 Å². The van der Waals surface area contributed by atoms with Gasteiger partial charge >= 0.3 is 0 Å². The number of carbonyl (C=O) groups is 2. The van der Waals surface area contributed by atoms with Crippen LogP contribution < -0.4 is 9.47 Å². The van der Waals surface area contributed by atoms with Crippen LogP contribution in [0.4, 0.5) is 0 Å². The number of carbonyl (C=O) groups excluding carboxylic acids is 2. The SMILES string of the molecule is COc1nc(-c2cccc(-c3cccc(-c4ccc(Cn5cc(C=O)nn5)c(OC)n4)c3C)c2C)ccc1Cn1cc(C=O)nn1. The summed E-state index contributed by atoms with van der Waals surface area (Å²) < 4.78 is 14.4. The fraction of sp³-hybridized carbons (Fsp3) is 0.176. The second-order valence-corrected chi connectivity index (χ2v) is 10.6. The highest BCUT2D eigenvalue weighted by Crippen LogP contribution is 2.37. The molecule has 0 saturated heterocycles. The van der Waals surface area contributed by atoms with Crippen LogP contribution in [0.1, 0.15) is 43.2 Å². The highest BCUT2D eigenvalue weighted by molar-refractivity contribution is 5.82. The minimum Gasteiger partial charge on any atom is -0.481 e. The maximum atomic E-state index is 11.0. The third-order valence-electron chi connectivity index (χ3n) is 7.79. The molecular formula is C34H30N8O4. The first-order valence-corrected chi connectivity index (χ1v) is 14.4. The third-order valence-corrected chi connectivity index (χ3v) is 7.79. The molecule has 0 aliphatic carbocycles. The average Bonchev–Trinajstić information content (AvgIpc) is 3.75. The summed E-state index contributed by atoms with van der Waals surface area (Å²) in [5.41, 5.74) is 9.95. The number of aromatic nitrogens is 8. The largest absolute Gasteiger partial charge is 0.481 e. The summed E-state index contributed by atoms with van der Waals surface area (Å²) in [6, 6.07) is 20.2. The standard InChI is InChI=1S/C34H30N8O4/c1-21-27(7-5-9-29(21)31-13-11-23(33(35-31)45-3)15-41-17-25(19-43)37-39-41)28-8-6-10-30(22(28)2)32-14-12-24(34(36-32)46-4)16-42-18-26(20-44)38-40-42/h5-14,17-20H,15-16H2,1-4H3. The number of hydrogen-bond donors (Lipinski definition) is 0. The Hall–Kier alpha value is -6.04. The maximum absolute atomic E-state index is 11.0. The zero-order valence-electron chi connectivity index (χ0n) is 25.7. The van der Waals surface area contributed by atoms with Gasteiger partial charge in [-0.2, -0.15) is 0 Å². The van der Waals surface area contributed by atoms with E-state index in [1.807, 2.05) is 48.5 Å². The monoisotopic (exact) mass is 614 g/mol. The molecule has 0 unspecified atom stereocenters. The number of hydrogen-bond acceptors (Lipinski definition) is 10. The van der Waals surface area contributed by atoms with E-state index in [0.29, 0.717) is 37.4 Å². The van der Waals surface area contributed by atoms with Gasteiger partial charge in [-0.05, 0) is 60.4 Å². The fourth-order valence-corrected chi connectivity index (χ4v) is 5.48. The second kappa shape index (κ2) is 12.9. The van der Waals surface area contributed by atoms with Crippen molar-refractivity contribution in [3.05, 3.63) is 107 Å². The lowest BCUT2D eigenvalue weighted by atomic mass is 9.89. The van der Waals surface area contributed by atoms with Gasteiger partial charge in [-0.25, -0.2) is 19.3 Å². The average molecular weight is 615 g/mol. The van der Waals surface area contributed by atoms with Crippen molar-refractivity contribution >= 4 is 12.6 Å². The Labute approximate surface area is 264 Å². The van der Waals surface area contributed by atoms with E-state index in [9.17, 15) is 9.59 Å². The summed E-state index contributed by atoms with van der Waals surface area (Å²) in [5.74, 6) is 0.945. The molecule has 12 heteroatoms. The van der Waals surface area contributed by atoms with Gasteiger partial charge in [0.25, 0.3) is 0 Å². The topological polar surface area (TPSA) is 140 Å². The van der Waals surface area contributed by atoms with Gasteiger partial charge in [0.05, 0.1) is 51.1 Å². The number of rotatable bonds is 11. The predicted octanol–water partition coefficient (Wildman–Crippen LogP) is 5.02. The normalized spacial score (nSPS) is 11.0. The van der Waals surface area contributed by atoms with E-state index in [-0.39, 0.29) is 11.4 Å². The van der Waals surface area contributed by atoms with Crippen LogP contribution in [0.2, 0.25) is 0 Å². The molecule has 0 amide bonds. The summed E-state index contributed by atoms with van der Waals surface area (Å²) in [4.78, 5) is 31.7. The molecular weight excluding hydrogens is 584 g/mol. The molecule has 2 aromatic carbocycles. The Morgan fingerprint density at radius 1 is 0.609 bits per heavy atom. The number of methoxy groups -OCH3 is 2. The number of pyridine rings is 2. The van der Waals surface area contributed by atoms with E-state index in [0.717, 1.165) is 55.9 Å². The highest BCUT2D eigenvalue weighted by Gasteiger charge is 2.17. The van der Waals surface area contributed by atoms with E-state index >= 15 is 0 Å². The smallest absolute Gasteiger partial charge is 0.218 e. The zero-order valence-corrected chi connectivity index (χ0v) is 25.7. The molecule has 0 atom stereocenters. The van der Waals surface area contributed by atoms with Crippen molar-refractivity contribution in [1.29, 1.82) is 0 Å². The first-order chi connectivity index (χ1) is 22.4. The van der Waals surface area contributed by atoms with Gasteiger partial charge in [0.1, 0.15) is 11.4 Å². The molecule has 0 aliphatic rings. The first kappa shape index (κ1) is 30.0. The summed E-state index contributed by atoms with van der Waals surface area (Å²) in [6.07, 6.45) is 4.48. The summed E-state index contributed by atoms with van der Waals surface area (Å²) in [5, 5.41) is 15.6. The van der Waals surface area contributed by atoms with Crippen LogP contribution in [0, 0.1) is 13.8 Å². The minimum atomic E-state index is 0.264. The van der Waals surface area contributed by atoms with Crippen LogP contribution >= 0.6 is 0 Å². The molecule has 0 radical (unpaired) electrons. The van der Waals surface area contributed by atoms with Crippen LogP contribution in [0.15, 0.2) is 73.1 Å². The van der Waals surface area contributed by atoms with Gasteiger partial charge in [-0.15, -0.1) is 10.2 Å². The van der Waals surface area contributed by atoms with Gasteiger partial charge < -0.3 is 9.47 Å². The molecule has 0 bridgehead atoms. The van der Waals surface area contributed by atoms with E-state index in [2.05, 4.69) is 46.6 Å². The quantitative estimate of drug-likeness (QED) is 0.183. The molecule has 12 nitrogen and oxygen atoms in total. The van der Waals surface area contributed by atoms with Crippen LogP contribution in [0.25, 0.3) is 33.6 Å². The zero-order chi connectivity index (χ0) is 32.2. The van der Waals surface area contributed by atoms with E-state index < -0.39 is 0 Å². The molecule has 0 saturated carbocycles. The number of benzene rings is 2. The number of nitrogens with zero attached hydrogens (tertiary/aromatic N) is 8. The minimum absolute atomic E-state index is 0.264. The summed E-state index contributed by atoms with van der Waals surface area (Å²) >= 11 is 0.